The number of hydrogen-bond acceptors (Lipinski definition) is 3. The molecule has 1 fully saturated rings. The third kappa shape index (κ3) is 2.98. The SMILES string of the molecule is CC1=C2C(=O)CC(c3ccc(C(C)C)cc3)CC2=Nc2ccccc2N1. The van der Waals surface area contributed by atoms with Crippen molar-refractivity contribution in [2.45, 2.75) is 45.4 Å². The normalized spacial score (nSPS) is 19.5. The molecule has 26 heavy (non-hydrogen) atoms. The minimum Gasteiger partial charge on any atom is -0.357 e. The zero-order chi connectivity index (χ0) is 18.3. The molecule has 0 bridgehead atoms. The van der Waals surface area contributed by atoms with E-state index in [0.717, 1.165) is 34.8 Å². The average Bonchev–Trinajstić information content (AvgIpc) is 2.77. The van der Waals surface area contributed by atoms with E-state index in [2.05, 4.69) is 43.4 Å². The van der Waals surface area contributed by atoms with Gasteiger partial charge in [0.25, 0.3) is 0 Å². The van der Waals surface area contributed by atoms with Crippen molar-refractivity contribution in [2.75, 3.05) is 5.32 Å². The minimum absolute atomic E-state index is 0.186. The van der Waals surface area contributed by atoms with E-state index in [1.54, 1.807) is 0 Å². The van der Waals surface area contributed by atoms with E-state index in [4.69, 9.17) is 4.99 Å². The van der Waals surface area contributed by atoms with Gasteiger partial charge in [-0.1, -0.05) is 50.2 Å². The minimum atomic E-state index is 0.186. The first kappa shape index (κ1) is 16.8. The van der Waals surface area contributed by atoms with Crippen LogP contribution >= 0.6 is 0 Å². The Balaban J connectivity index is 1.71. The number of nitrogens with zero attached hydrogens (tertiary/aromatic N) is 1. The molecule has 1 saturated carbocycles. The number of Topliss-reactive ketones (excluding diaryl/α,β-unsaturated/α-hetero) is 1. The highest BCUT2D eigenvalue weighted by atomic mass is 16.1. The monoisotopic (exact) mass is 344 g/mol. The molecule has 3 nitrogen and oxygen atoms in total. The van der Waals surface area contributed by atoms with Crippen LogP contribution in [0.1, 0.15) is 56.6 Å². The second kappa shape index (κ2) is 6.56. The number of carbonyl (C=O) groups excluding carboxylic acids is 1. The van der Waals surface area contributed by atoms with E-state index in [0.29, 0.717) is 12.3 Å². The maximum Gasteiger partial charge on any atom is 0.167 e. The molecule has 1 aliphatic heterocycles. The molecule has 0 radical (unpaired) electrons. The van der Waals surface area contributed by atoms with Crippen molar-refractivity contribution < 1.29 is 4.79 Å². The largest absolute Gasteiger partial charge is 0.357 e. The maximum absolute atomic E-state index is 12.9. The fourth-order valence-electron chi connectivity index (χ4n) is 3.90. The molecule has 4 rings (SSSR count). The van der Waals surface area contributed by atoms with Crippen molar-refractivity contribution in [3.8, 4) is 0 Å². The van der Waals surface area contributed by atoms with Crippen molar-refractivity contribution in [2.24, 2.45) is 4.99 Å². The molecule has 0 aromatic heterocycles. The third-order valence-electron chi connectivity index (χ3n) is 5.37. The molecule has 2 aromatic carbocycles. The molecule has 1 heterocycles. The van der Waals surface area contributed by atoms with Gasteiger partial charge in [0.1, 0.15) is 0 Å². The number of anilines is 1. The van der Waals surface area contributed by atoms with Crippen LogP contribution in [0.4, 0.5) is 11.4 Å². The number of carbonyl (C=O) groups is 1. The second-order valence-electron chi connectivity index (χ2n) is 7.55. The van der Waals surface area contributed by atoms with Gasteiger partial charge in [0.05, 0.1) is 22.7 Å². The van der Waals surface area contributed by atoms with Crippen LogP contribution in [0.2, 0.25) is 0 Å². The fraction of sp³-hybridized carbons (Fsp3) is 0.304. The Labute approximate surface area is 154 Å². The smallest absolute Gasteiger partial charge is 0.167 e. The number of allylic oxidation sites excluding steroid dienone is 2. The van der Waals surface area contributed by atoms with Gasteiger partial charge >= 0.3 is 0 Å². The molecule has 0 amide bonds. The lowest BCUT2D eigenvalue weighted by atomic mass is 9.78. The van der Waals surface area contributed by atoms with Crippen LogP contribution in [0.3, 0.4) is 0 Å². The molecule has 1 N–H and O–H groups in total. The van der Waals surface area contributed by atoms with Crippen LogP contribution in [0.15, 0.2) is 64.8 Å². The van der Waals surface area contributed by atoms with Gasteiger partial charge in [-0.25, -0.2) is 0 Å². The van der Waals surface area contributed by atoms with Crippen LogP contribution in [0.25, 0.3) is 0 Å². The Morgan fingerprint density at radius 1 is 1.04 bits per heavy atom. The number of aliphatic imine (C=N–C) groups is 1. The second-order valence-corrected chi connectivity index (χ2v) is 7.55. The quantitative estimate of drug-likeness (QED) is 0.756. The standard InChI is InChI=1S/C23H24N2O/c1-14(2)16-8-10-17(11-9-16)18-12-21-23(22(26)13-18)15(3)24-19-6-4-5-7-20(19)25-21/h4-11,14,18,24H,12-13H2,1-3H3. The number of hydrogen-bond donors (Lipinski definition) is 1. The van der Waals surface area contributed by atoms with Crippen molar-refractivity contribution in [1.29, 1.82) is 0 Å². The van der Waals surface area contributed by atoms with Crippen molar-refractivity contribution >= 4 is 22.9 Å². The van der Waals surface area contributed by atoms with E-state index in [1.807, 2.05) is 31.2 Å². The molecular formula is C23H24N2O. The predicted octanol–water partition coefficient (Wildman–Crippen LogP) is 5.73. The Bertz CT molecular complexity index is 919. The number of benzene rings is 2. The van der Waals surface area contributed by atoms with Gasteiger partial charge in [-0.3, -0.25) is 9.79 Å². The summed E-state index contributed by atoms with van der Waals surface area (Å²) in [4.78, 5) is 17.8. The van der Waals surface area contributed by atoms with Gasteiger partial charge < -0.3 is 5.32 Å². The lowest BCUT2D eigenvalue weighted by Crippen LogP contribution is -2.26. The van der Waals surface area contributed by atoms with Crippen molar-refractivity contribution in [3.63, 3.8) is 0 Å². The van der Waals surface area contributed by atoms with Gasteiger partial charge in [-0.05, 0) is 48.4 Å². The summed E-state index contributed by atoms with van der Waals surface area (Å²) in [6, 6.07) is 16.7. The molecule has 1 unspecified atom stereocenters. The number of ketones is 1. The molecule has 1 atom stereocenters. The molecule has 2 aliphatic rings. The Morgan fingerprint density at radius 2 is 1.77 bits per heavy atom. The van der Waals surface area contributed by atoms with Crippen LogP contribution in [0.5, 0.6) is 0 Å². The summed E-state index contributed by atoms with van der Waals surface area (Å²) in [5.41, 5.74) is 7.02. The van der Waals surface area contributed by atoms with Crippen molar-refractivity contribution in [1.82, 2.24) is 0 Å². The topological polar surface area (TPSA) is 41.5 Å². The first-order valence-corrected chi connectivity index (χ1v) is 9.31. The first-order valence-electron chi connectivity index (χ1n) is 9.31. The van der Waals surface area contributed by atoms with E-state index in [9.17, 15) is 4.79 Å². The summed E-state index contributed by atoms with van der Waals surface area (Å²) in [6.07, 6.45) is 1.35. The Hall–Kier alpha value is -2.68. The zero-order valence-electron chi connectivity index (χ0n) is 15.5. The maximum atomic E-state index is 12.9. The summed E-state index contributed by atoms with van der Waals surface area (Å²) in [5, 5.41) is 3.37. The number of nitrogens with one attached hydrogen (secondary N) is 1. The van der Waals surface area contributed by atoms with Crippen molar-refractivity contribution in [3.05, 3.63) is 70.9 Å². The fourth-order valence-corrected chi connectivity index (χ4v) is 3.90. The summed E-state index contributed by atoms with van der Waals surface area (Å²) in [6.45, 7) is 6.37. The summed E-state index contributed by atoms with van der Waals surface area (Å²) < 4.78 is 0. The highest BCUT2D eigenvalue weighted by Gasteiger charge is 2.32. The van der Waals surface area contributed by atoms with Gasteiger partial charge in [0, 0.05) is 12.1 Å². The molecule has 132 valence electrons. The van der Waals surface area contributed by atoms with Gasteiger partial charge in [0.15, 0.2) is 5.78 Å². The van der Waals surface area contributed by atoms with E-state index >= 15 is 0 Å². The van der Waals surface area contributed by atoms with E-state index in [1.165, 1.54) is 11.1 Å². The number of para-hydroxylation sites is 2. The third-order valence-corrected chi connectivity index (χ3v) is 5.37. The molecule has 1 aliphatic carbocycles. The molecular weight excluding hydrogens is 320 g/mol. The lowest BCUT2D eigenvalue weighted by molar-refractivity contribution is -0.115. The summed E-state index contributed by atoms with van der Waals surface area (Å²) in [7, 11) is 0. The van der Waals surface area contributed by atoms with E-state index in [-0.39, 0.29) is 11.7 Å². The number of rotatable bonds is 2. The first-order chi connectivity index (χ1) is 12.5. The van der Waals surface area contributed by atoms with Crippen LogP contribution in [-0.4, -0.2) is 11.5 Å². The van der Waals surface area contributed by atoms with Gasteiger partial charge in [0.2, 0.25) is 0 Å². The predicted molar refractivity (Wildman–Crippen MR) is 107 cm³/mol. The average molecular weight is 344 g/mol. The summed E-state index contributed by atoms with van der Waals surface area (Å²) >= 11 is 0. The van der Waals surface area contributed by atoms with E-state index < -0.39 is 0 Å². The van der Waals surface area contributed by atoms with Gasteiger partial charge in [-0.15, -0.1) is 0 Å². The lowest BCUT2D eigenvalue weighted by Gasteiger charge is -2.26. The van der Waals surface area contributed by atoms with Gasteiger partial charge in [-0.2, -0.15) is 0 Å². The van der Waals surface area contributed by atoms with Crippen LogP contribution in [0, 0.1) is 0 Å². The highest BCUT2D eigenvalue weighted by molar-refractivity contribution is 6.26. The highest BCUT2D eigenvalue weighted by Crippen LogP contribution is 2.38. The Morgan fingerprint density at radius 3 is 2.50 bits per heavy atom. The molecule has 2 aromatic rings. The van der Waals surface area contributed by atoms with Crippen LogP contribution in [-0.2, 0) is 4.79 Å². The Kier molecular flexibility index (Phi) is 4.23. The summed E-state index contributed by atoms with van der Waals surface area (Å²) in [5.74, 6) is 0.901. The molecule has 0 saturated heterocycles. The zero-order valence-corrected chi connectivity index (χ0v) is 15.5. The molecule has 3 heteroatoms. The number of fused-ring (bicyclic) bond motifs is 2. The molecule has 0 spiro atoms. The van der Waals surface area contributed by atoms with Crippen LogP contribution < -0.4 is 5.32 Å².